The predicted octanol–water partition coefficient (Wildman–Crippen LogP) is 3.17. The molecule has 1 unspecified atom stereocenters. The number of nitrogens with two attached hydrogens (primary N) is 2. The number of benzene rings is 1. The number of anilines is 1. The number of rotatable bonds is 4. The molecule has 0 aromatic heterocycles. The molecular formula is C20H31N3O4S. The number of amides is 1. The third kappa shape index (κ3) is 5.04. The lowest BCUT2D eigenvalue weighted by molar-refractivity contribution is 0.0603. The number of hydrogen-bond donors (Lipinski definition) is 2. The van der Waals surface area contributed by atoms with Crippen molar-refractivity contribution < 1.29 is 17.9 Å². The van der Waals surface area contributed by atoms with Crippen molar-refractivity contribution in [1.29, 1.82) is 0 Å². The maximum atomic E-state index is 13.2. The summed E-state index contributed by atoms with van der Waals surface area (Å²) < 4.78 is 30.0. The van der Waals surface area contributed by atoms with Crippen LogP contribution >= 0.6 is 0 Å². The molecular weight excluding hydrogens is 378 g/mol. The molecule has 8 heteroatoms. The molecule has 1 aliphatic carbocycles. The highest BCUT2D eigenvalue weighted by atomic mass is 32.2. The standard InChI is InChI=1S/C20H31N3O4S/c1-19(2,3)27-18(24)23-17(22)20(4,5)28(25,26)12-14-8-6-7-13-9-10-15(21)11-16(13)14/h9-11,14H,6-8,12,21H2,1-5H3,(H2,22,23,24). The van der Waals surface area contributed by atoms with E-state index in [1.165, 1.54) is 13.8 Å². The summed E-state index contributed by atoms with van der Waals surface area (Å²) in [6.45, 7) is 8.03. The van der Waals surface area contributed by atoms with Crippen molar-refractivity contribution in [3.05, 3.63) is 29.3 Å². The molecule has 156 valence electrons. The third-order valence-electron chi connectivity index (χ3n) is 5.03. The Bertz CT molecular complexity index is 883. The lowest BCUT2D eigenvalue weighted by Crippen LogP contribution is -2.48. The molecule has 0 aliphatic heterocycles. The fraction of sp³-hybridized carbons (Fsp3) is 0.600. The fourth-order valence-electron chi connectivity index (χ4n) is 3.24. The summed E-state index contributed by atoms with van der Waals surface area (Å²) in [5.74, 6) is -0.516. The average Bonchev–Trinajstić information content (AvgIpc) is 2.53. The average molecular weight is 410 g/mol. The topological polar surface area (TPSA) is 125 Å². The van der Waals surface area contributed by atoms with E-state index in [0.717, 1.165) is 30.4 Å². The zero-order chi connectivity index (χ0) is 21.3. The molecule has 1 aromatic carbocycles. The molecule has 7 nitrogen and oxygen atoms in total. The molecule has 0 saturated heterocycles. The van der Waals surface area contributed by atoms with E-state index in [2.05, 4.69) is 4.99 Å². The van der Waals surface area contributed by atoms with E-state index < -0.39 is 26.3 Å². The summed E-state index contributed by atoms with van der Waals surface area (Å²) in [5.41, 5.74) is 13.8. The van der Waals surface area contributed by atoms with Crippen LogP contribution in [-0.2, 0) is 21.0 Å². The summed E-state index contributed by atoms with van der Waals surface area (Å²) in [6, 6.07) is 5.66. The van der Waals surface area contributed by atoms with Crippen LogP contribution in [0.4, 0.5) is 10.5 Å². The number of amidine groups is 1. The number of nitrogen functional groups attached to an aromatic ring is 1. The largest absolute Gasteiger partial charge is 0.442 e. The van der Waals surface area contributed by atoms with E-state index in [4.69, 9.17) is 16.2 Å². The Balaban J connectivity index is 2.27. The van der Waals surface area contributed by atoms with Crippen LogP contribution in [0, 0.1) is 0 Å². The highest BCUT2D eigenvalue weighted by molar-refractivity contribution is 7.93. The van der Waals surface area contributed by atoms with Crippen LogP contribution in [0.3, 0.4) is 0 Å². The zero-order valence-electron chi connectivity index (χ0n) is 17.3. The Labute approximate surface area is 167 Å². The van der Waals surface area contributed by atoms with E-state index in [0.29, 0.717) is 5.69 Å². The van der Waals surface area contributed by atoms with Crippen molar-refractivity contribution in [3.8, 4) is 0 Å². The quantitative estimate of drug-likeness (QED) is 0.447. The van der Waals surface area contributed by atoms with Gasteiger partial charge in [0.1, 0.15) is 16.2 Å². The number of nitrogens with zero attached hydrogens (tertiary/aromatic N) is 1. The molecule has 2 rings (SSSR count). The highest BCUT2D eigenvalue weighted by Gasteiger charge is 2.41. The maximum Gasteiger partial charge on any atom is 0.435 e. The van der Waals surface area contributed by atoms with E-state index in [1.54, 1.807) is 20.8 Å². The Kier molecular flexibility index (Phi) is 6.13. The van der Waals surface area contributed by atoms with Gasteiger partial charge in [-0.25, -0.2) is 13.2 Å². The number of fused-ring (bicyclic) bond motifs is 1. The summed E-state index contributed by atoms with van der Waals surface area (Å²) in [5, 5.41) is 0. The Morgan fingerprint density at radius 1 is 1.25 bits per heavy atom. The number of ether oxygens (including phenoxy) is 1. The lowest BCUT2D eigenvalue weighted by Gasteiger charge is -2.30. The molecule has 0 bridgehead atoms. The SMILES string of the molecule is CC(C)(C)OC(=O)N=C(N)C(C)(C)S(=O)(=O)CC1CCCc2ccc(N)cc21. The van der Waals surface area contributed by atoms with Gasteiger partial charge in [0.15, 0.2) is 9.84 Å². The van der Waals surface area contributed by atoms with E-state index in [-0.39, 0.29) is 17.5 Å². The summed E-state index contributed by atoms with van der Waals surface area (Å²) >= 11 is 0. The van der Waals surface area contributed by atoms with Crippen molar-refractivity contribution in [2.75, 3.05) is 11.5 Å². The number of carbonyl (C=O) groups excluding carboxylic acids is 1. The van der Waals surface area contributed by atoms with Gasteiger partial charge in [0.2, 0.25) is 0 Å². The molecule has 0 fully saturated rings. The number of carbonyl (C=O) groups is 1. The van der Waals surface area contributed by atoms with Crippen LogP contribution in [0.15, 0.2) is 23.2 Å². The number of sulfone groups is 1. The van der Waals surface area contributed by atoms with E-state index in [9.17, 15) is 13.2 Å². The van der Waals surface area contributed by atoms with Gasteiger partial charge in [-0.15, -0.1) is 0 Å². The maximum absolute atomic E-state index is 13.2. The third-order valence-corrected chi connectivity index (χ3v) is 7.63. The molecule has 0 spiro atoms. The molecule has 1 atom stereocenters. The smallest absolute Gasteiger partial charge is 0.435 e. The molecule has 28 heavy (non-hydrogen) atoms. The minimum atomic E-state index is -3.71. The lowest BCUT2D eigenvalue weighted by atomic mass is 9.83. The van der Waals surface area contributed by atoms with Gasteiger partial charge >= 0.3 is 6.09 Å². The van der Waals surface area contributed by atoms with Gasteiger partial charge < -0.3 is 16.2 Å². The Morgan fingerprint density at radius 2 is 1.89 bits per heavy atom. The second kappa shape index (κ2) is 7.73. The molecule has 1 amide bonds. The Morgan fingerprint density at radius 3 is 2.50 bits per heavy atom. The van der Waals surface area contributed by atoms with Crippen LogP contribution in [-0.4, -0.2) is 36.4 Å². The second-order valence-corrected chi connectivity index (χ2v) is 11.4. The number of aliphatic imine (C=N–C) groups is 1. The Hall–Kier alpha value is -2.09. The fourth-order valence-corrected chi connectivity index (χ4v) is 4.90. The number of aryl methyl sites for hydroxylation is 1. The van der Waals surface area contributed by atoms with Gasteiger partial charge in [0.25, 0.3) is 0 Å². The molecule has 1 aromatic rings. The van der Waals surface area contributed by atoms with Crippen LogP contribution in [0.2, 0.25) is 0 Å². The molecule has 0 radical (unpaired) electrons. The molecule has 1 aliphatic rings. The van der Waals surface area contributed by atoms with Gasteiger partial charge in [-0.05, 0) is 83.1 Å². The van der Waals surface area contributed by atoms with Crippen LogP contribution < -0.4 is 11.5 Å². The number of hydrogen-bond acceptors (Lipinski definition) is 5. The monoisotopic (exact) mass is 409 g/mol. The first-order valence-electron chi connectivity index (χ1n) is 9.41. The zero-order valence-corrected chi connectivity index (χ0v) is 18.1. The molecule has 4 N–H and O–H groups in total. The van der Waals surface area contributed by atoms with E-state index >= 15 is 0 Å². The van der Waals surface area contributed by atoms with Gasteiger partial charge in [0, 0.05) is 5.69 Å². The normalized spacial score (nSPS) is 18.5. The first kappa shape index (κ1) is 22.2. The minimum Gasteiger partial charge on any atom is -0.442 e. The van der Waals surface area contributed by atoms with Gasteiger partial charge in [-0.3, -0.25) is 0 Å². The first-order valence-corrected chi connectivity index (χ1v) is 11.1. The van der Waals surface area contributed by atoms with Crippen molar-refractivity contribution >= 4 is 27.5 Å². The summed E-state index contributed by atoms with van der Waals surface area (Å²) in [4.78, 5) is 15.6. The van der Waals surface area contributed by atoms with E-state index in [1.807, 2.05) is 18.2 Å². The van der Waals surface area contributed by atoms with Crippen LogP contribution in [0.25, 0.3) is 0 Å². The highest BCUT2D eigenvalue weighted by Crippen LogP contribution is 2.36. The second-order valence-electron chi connectivity index (χ2n) is 8.82. The van der Waals surface area contributed by atoms with Gasteiger partial charge in [0.05, 0.1) is 5.75 Å². The summed E-state index contributed by atoms with van der Waals surface area (Å²) in [6.07, 6.45) is 1.69. The van der Waals surface area contributed by atoms with Crippen molar-refractivity contribution in [1.82, 2.24) is 0 Å². The van der Waals surface area contributed by atoms with Crippen molar-refractivity contribution in [2.24, 2.45) is 10.7 Å². The van der Waals surface area contributed by atoms with Gasteiger partial charge in [-0.1, -0.05) is 6.07 Å². The van der Waals surface area contributed by atoms with Crippen LogP contribution in [0.1, 0.15) is 64.5 Å². The minimum absolute atomic E-state index is 0.0823. The van der Waals surface area contributed by atoms with Gasteiger partial charge in [-0.2, -0.15) is 4.99 Å². The molecule has 0 heterocycles. The van der Waals surface area contributed by atoms with Crippen molar-refractivity contribution in [3.63, 3.8) is 0 Å². The first-order chi connectivity index (χ1) is 12.7. The summed E-state index contributed by atoms with van der Waals surface area (Å²) in [7, 11) is -3.71. The van der Waals surface area contributed by atoms with Crippen LogP contribution in [0.5, 0.6) is 0 Å². The predicted molar refractivity (Wildman–Crippen MR) is 112 cm³/mol. The van der Waals surface area contributed by atoms with Crippen molar-refractivity contribution in [2.45, 2.75) is 70.1 Å². The molecule has 0 saturated carbocycles.